The van der Waals surface area contributed by atoms with Crippen LogP contribution in [0.25, 0.3) is 0 Å². The summed E-state index contributed by atoms with van der Waals surface area (Å²) in [6.07, 6.45) is 0. The van der Waals surface area contributed by atoms with Crippen LogP contribution in [0.4, 0.5) is 14.5 Å². The molecule has 2 amide bonds. The molecule has 0 fully saturated rings. The molecule has 1 aliphatic heterocycles. The highest BCUT2D eigenvalue weighted by atomic mass is 127. The van der Waals surface area contributed by atoms with Crippen molar-refractivity contribution in [1.29, 1.82) is 0 Å². The van der Waals surface area contributed by atoms with Gasteiger partial charge in [0.05, 0.1) is 11.3 Å². The summed E-state index contributed by atoms with van der Waals surface area (Å²) in [6.45, 7) is 1.09. The number of carbonyl (C=O) groups is 2. The lowest BCUT2D eigenvalue weighted by molar-refractivity contribution is -0.143. The van der Waals surface area contributed by atoms with Gasteiger partial charge in [0, 0.05) is 10.5 Å². The van der Waals surface area contributed by atoms with E-state index in [9.17, 15) is 18.4 Å². The molecule has 0 aromatic heterocycles. The molecule has 0 bridgehead atoms. The van der Waals surface area contributed by atoms with Gasteiger partial charge in [0.1, 0.15) is 0 Å². The summed E-state index contributed by atoms with van der Waals surface area (Å²) in [4.78, 5) is 23.1. The predicted molar refractivity (Wildman–Crippen MR) is 61.2 cm³/mol. The standard InChI is InChI=1S/C10H6F2INO2/c1-5(15)14-7-4-2-3-6(13)8(7)10(11,12)9(14)16/h2-4H,1H3. The van der Waals surface area contributed by atoms with Gasteiger partial charge in [0.2, 0.25) is 5.91 Å². The van der Waals surface area contributed by atoms with E-state index in [-0.39, 0.29) is 14.8 Å². The third-order valence-electron chi connectivity index (χ3n) is 2.33. The van der Waals surface area contributed by atoms with E-state index in [2.05, 4.69) is 0 Å². The van der Waals surface area contributed by atoms with E-state index in [0.717, 1.165) is 6.92 Å². The highest BCUT2D eigenvalue weighted by molar-refractivity contribution is 14.1. The second-order valence-corrected chi connectivity index (χ2v) is 4.53. The van der Waals surface area contributed by atoms with Crippen LogP contribution >= 0.6 is 22.6 Å². The largest absolute Gasteiger partial charge is 0.353 e. The minimum Gasteiger partial charge on any atom is -0.274 e. The van der Waals surface area contributed by atoms with Crippen LogP contribution in [0.3, 0.4) is 0 Å². The summed E-state index contributed by atoms with van der Waals surface area (Å²) in [5, 5.41) is 0. The van der Waals surface area contributed by atoms with Crippen LogP contribution in [0.5, 0.6) is 0 Å². The molecular formula is C10H6F2INO2. The molecule has 0 atom stereocenters. The number of amides is 2. The van der Waals surface area contributed by atoms with Gasteiger partial charge in [-0.1, -0.05) is 6.07 Å². The van der Waals surface area contributed by atoms with Crippen LogP contribution in [0.2, 0.25) is 0 Å². The van der Waals surface area contributed by atoms with Crippen LogP contribution in [0, 0.1) is 3.57 Å². The second kappa shape index (κ2) is 3.47. The molecule has 1 aliphatic rings. The Morgan fingerprint density at radius 3 is 2.62 bits per heavy atom. The number of hydrogen-bond donors (Lipinski definition) is 0. The normalized spacial score (nSPS) is 17.5. The fourth-order valence-corrected chi connectivity index (χ4v) is 2.50. The summed E-state index contributed by atoms with van der Waals surface area (Å²) in [5.41, 5.74) is -0.398. The van der Waals surface area contributed by atoms with Crippen molar-refractivity contribution in [3.05, 3.63) is 27.3 Å². The van der Waals surface area contributed by atoms with E-state index in [1.54, 1.807) is 22.6 Å². The van der Waals surface area contributed by atoms with Gasteiger partial charge in [-0.25, -0.2) is 4.90 Å². The maximum absolute atomic E-state index is 13.7. The molecule has 1 aromatic rings. The number of anilines is 1. The molecule has 84 valence electrons. The third kappa shape index (κ3) is 1.35. The van der Waals surface area contributed by atoms with Gasteiger partial charge in [0.15, 0.2) is 0 Å². The molecule has 0 aliphatic carbocycles. The zero-order chi connectivity index (χ0) is 12.1. The fourth-order valence-electron chi connectivity index (χ4n) is 1.68. The number of hydrogen-bond acceptors (Lipinski definition) is 2. The van der Waals surface area contributed by atoms with E-state index in [1.807, 2.05) is 0 Å². The summed E-state index contributed by atoms with van der Waals surface area (Å²) >= 11 is 1.72. The van der Waals surface area contributed by atoms with Gasteiger partial charge >= 0.3 is 11.8 Å². The number of halogens is 3. The van der Waals surface area contributed by atoms with Crippen molar-refractivity contribution in [1.82, 2.24) is 0 Å². The Morgan fingerprint density at radius 2 is 2.06 bits per heavy atom. The SMILES string of the molecule is CC(=O)N1C(=O)C(F)(F)c2c(I)cccc21. The third-order valence-corrected chi connectivity index (χ3v) is 3.23. The minimum absolute atomic E-state index is 0.0191. The molecule has 0 radical (unpaired) electrons. The number of alkyl halides is 2. The second-order valence-electron chi connectivity index (χ2n) is 3.37. The molecule has 1 heterocycles. The van der Waals surface area contributed by atoms with Gasteiger partial charge in [-0.05, 0) is 34.7 Å². The highest BCUT2D eigenvalue weighted by Crippen LogP contribution is 2.46. The number of imide groups is 1. The average Bonchev–Trinajstić information content (AvgIpc) is 2.36. The summed E-state index contributed by atoms with van der Waals surface area (Å²) in [5.74, 6) is -5.79. The Balaban J connectivity index is 2.75. The molecule has 2 rings (SSSR count). The van der Waals surface area contributed by atoms with E-state index < -0.39 is 17.7 Å². The first kappa shape index (κ1) is 11.4. The zero-order valence-electron chi connectivity index (χ0n) is 8.13. The lowest BCUT2D eigenvalue weighted by atomic mass is 10.1. The molecule has 0 saturated carbocycles. The minimum atomic E-state index is -3.61. The van der Waals surface area contributed by atoms with Crippen molar-refractivity contribution in [3.8, 4) is 0 Å². The average molecular weight is 337 g/mol. The summed E-state index contributed by atoms with van der Waals surface area (Å²) in [6, 6.07) is 4.35. The summed E-state index contributed by atoms with van der Waals surface area (Å²) in [7, 11) is 0. The number of rotatable bonds is 0. The van der Waals surface area contributed by atoms with Crippen molar-refractivity contribution < 1.29 is 18.4 Å². The van der Waals surface area contributed by atoms with Crippen molar-refractivity contribution in [2.45, 2.75) is 12.8 Å². The number of fused-ring (bicyclic) bond motifs is 1. The first-order valence-electron chi connectivity index (χ1n) is 4.39. The van der Waals surface area contributed by atoms with Crippen LogP contribution < -0.4 is 4.90 Å². The first-order valence-corrected chi connectivity index (χ1v) is 5.47. The van der Waals surface area contributed by atoms with Gasteiger partial charge in [0.25, 0.3) is 0 Å². The van der Waals surface area contributed by atoms with Crippen molar-refractivity contribution in [2.24, 2.45) is 0 Å². The molecular weight excluding hydrogens is 331 g/mol. The van der Waals surface area contributed by atoms with Crippen LogP contribution in [0.1, 0.15) is 12.5 Å². The van der Waals surface area contributed by atoms with Gasteiger partial charge in [-0.2, -0.15) is 8.78 Å². The van der Waals surface area contributed by atoms with Crippen LogP contribution in [-0.2, 0) is 15.5 Å². The topological polar surface area (TPSA) is 37.4 Å². The Labute approximate surface area is 104 Å². The molecule has 0 N–H and O–H groups in total. The van der Waals surface area contributed by atoms with Gasteiger partial charge in [-0.15, -0.1) is 0 Å². The van der Waals surface area contributed by atoms with E-state index in [4.69, 9.17) is 0 Å². The first-order chi connectivity index (χ1) is 7.37. The molecule has 0 spiro atoms. The summed E-state index contributed by atoms with van der Waals surface area (Å²) < 4.78 is 27.6. The molecule has 0 saturated heterocycles. The van der Waals surface area contributed by atoms with Crippen molar-refractivity contribution >= 4 is 40.1 Å². The van der Waals surface area contributed by atoms with Crippen molar-refractivity contribution in [2.75, 3.05) is 4.90 Å². The molecule has 1 aromatic carbocycles. The maximum atomic E-state index is 13.7. The van der Waals surface area contributed by atoms with E-state index in [1.165, 1.54) is 18.2 Å². The highest BCUT2D eigenvalue weighted by Gasteiger charge is 2.55. The zero-order valence-corrected chi connectivity index (χ0v) is 10.3. The van der Waals surface area contributed by atoms with E-state index in [0.29, 0.717) is 4.90 Å². The lowest BCUT2D eigenvalue weighted by Gasteiger charge is -2.11. The Kier molecular flexibility index (Phi) is 2.48. The van der Waals surface area contributed by atoms with Crippen LogP contribution in [-0.4, -0.2) is 11.8 Å². The van der Waals surface area contributed by atoms with Gasteiger partial charge in [-0.3, -0.25) is 9.59 Å². The number of benzene rings is 1. The van der Waals surface area contributed by atoms with Gasteiger partial charge < -0.3 is 0 Å². The Bertz CT molecular complexity index is 502. The predicted octanol–water partition coefficient (Wildman–Crippen LogP) is 2.28. The maximum Gasteiger partial charge on any atom is 0.353 e. The number of nitrogens with zero attached hydrogens (tertiary/aromatic N) is 1. The van der Waals surface area contributed by atoms with Crippen LogP contribution in [0.15, 0.2) is 18.2 Å². The molecule has 3 nitrogen and oxygen atoms in total. The van der Waals surface area contributed by atoms with E-state index >= 15 is 0 Å². The monoisotopic (exact) mass is 337 g/mol. The quantitative estimate of drug-likeness (QED) is 0.681. The Hall–Kier alpha value is -1.05. The fraction of sp³-hybridized carbons (Fsp3) is 0.200. The molecule has 16 heavy (non-hydrogen) atoms. The number of carbonyl (C=O) groups excluding carboxylic acids is 2. The molecule has 6 heteroatoms. The Morgan fingerprint density at radius 1 is 1.44 bits per heavy atom. The van der Waals surface area contributed by atoms with Crippen molar-refractivity contribution in [3.63, 3.8) is 0 Å². The molecule has 0 unspecified atom stereocenters. The lowest BCUT2D eigenvalue weighted by Crippen LogP contribution is -2.37. The smallest absolute Gasteiger partial charge is 0.274 e.